The molecular formula is C17H22N2O6. The molecule has 2 fully saturated rings. The average molecular weight is 350 g/mol. The van der Waals surface area contributed by atoms with Crippen LogP contribution in [0.15, 0.2) is 30.3 Å². The fraction of sp³-hybridized carbons (Fsp3) is 0.529. The zero-order valence-corrected chi connectivity index (χ0v) is 14.0. The Kier molecular flexibility index (Phi) is 5.72. The number of nitrogens with one attached hydrogen (secondary N) is 2. The lowest BCUT2D eigenvalue weighted by molar-refractivity contribution is -0.124. The molecule has 1 aromatic carbocycles. The molecule has 0 radical (unpaired) electrons. The summed E-state index contributed by atoms with van der Waals surface area (Å²) in [5.74, 6) is 0.375. The van der Waals surface area contributed by atoms with E-state index in [4.69, 9.17) is 18.9 Å². The monoisotopic (exact) mass is 350 g/mol. The van der Waals surface area contributed by atoms with Crippen LogP contribution in [0.5, 0.6) is 5.75 Å². The number of carbonyl (C=O) groups excluding carboxylic acids is 2. The van der Waals surface area contributed by atoms with Gasteiger partial charge in [0.1, 0.15) is 18.0 Å². The molecule has 2 N–H and O–H groups in total. The van der Waals surface area contributed by atoms with Crippen molar-refractivity contribution in [3.05, 3.63) is 30.3 Å². The van der Waals surface area contributed by atoms with E-state index in [1.807, 2.05) is 25.1 Å². The van der Waals surface area contributed by atoms with Gasteiger partial charge in [0.25, 0.3) is 5.91 Å². The third-order valence-corrected chi connectivity index (χ3v) is 4.05. The quantitative estimate of drug-likeness (QED) is 0.774. The molecule has 0 spiro atoms. The maximum Gasteiger partial charge on any atom is 0.407 e. The Bertz CT molecular complexity index is 596. The number of carbonyl (C=O) groups is 2. The largest absolute Gasteiger partial charge is 0.484 e. The summed E-state index contributed by atoms with van der Waals surface area (Å²) in [6.45, 7) is 2.77. The molecule has 0 bridgehead atoms. The molecule has 1 aromatic rings. The van der Waals surface area contributed by atoms with E-state index in [1.54, 1.807) is 12.1 Å². The standard InChI is InChI=1S/C17H22N2O6/c1-2-18-17(21)25-13-9-24-15-12(8-23-16(13)15)19-14(20)10-22-11-6-4-3-5-7-11/h3-7,12-13,15-16H,2,8-10H2,1H3,(H,18,21)(H,19,20)/t12-,13-,15-,16+/m0/s1. The summed E-state index contributed by atoms with van der Waals surface area (Å²) >= 11 is 0. The number of benzene rings is 1. The summed E-state index contributed by atoms with van der Waals surface area (Å²) in [5, 5.41) is 5.42. The fourth-order valence-corrected chi connectivity index (χ4v) is 2.93. The molecule has 2 heterocycles. The summed E-state index contributed by atoms with van der Waals surface area (Å²) in [4.78, 5) is 23.6. The lowest BCUT2D eigenvalue weighted by Gasteiger charge is -2.18. The van der Waals surface area contributed by atoms with Crippen LogP contribution in [0.4, 0.5) is 4.79 Å². The molecule has 0 aromatic heterocycles. The molecule has 0 aliphatic carbocycles. The molecule has 0 saturated carbocycles. The van der Waals surface area contributed by atoms with Crippen molar-refractivity contribution < 1.29 is 28.5 Å². The zero-order chi connectivity index (χ0) is 17.6. The van der Waals surface area contributed by atoms with Crippen molar-refractivity contribution in [2.24, 2.45) is 0 Å². The molecule has 2 saturated heterocycles. The van der Waals surface area contributed by atoms with Crippen LogP contribution in [-0.4, -0.2) is 62.7 Å². The van der Waals surface area contributed by atoms with Crippen LogP contribution in [0.25, 0.3) is 0 Å². The van der Waals surface area contributed by atoms with E-state index >= 15 is 0 Å². The van der Waals surface area contributed by atoms with Crippen molar-refractivity contribution in [3.8, 4) is 5.75 Å². The maximum atomic E-state index is 12.1. The van der Waals surface area contributed by atoms with Gasteiger partial charge in [-0.25, -0.2) is 4.79 Å². The molecule has 136 valence electrons. The minimum Gasteiger partial charge on any atom is -0.484 e. The summed E-state index contributed by atoms with van der Waals surface area (Å²) in [6, 6.07) is 8.82. The highest BCUT2D eigenvalue weighted by Crippen LogP contribution is 2.29. The number of fused-ring (bicyclic) bond motifs is 1. The molecule has 8 heteroatoms. The molecule has 4 atom stereocenters. The first-order chi connectivity index (χ1) is 12.2. The Morgan fingerprint density at radius 3 is 2.68 bits per heavy atom. The molecule has 2 aliphatic heterocycles. The Hall–Kier alpha value is -2.32. The number of alkyl carbamates (subject to hydrolysis) is 1. The van der Waals surface area contributed by atoms with E-state index in [1.165, 1.54) is 0 Å². The van der Waals surface area contributed by atoms with Crippen LogP contribution in [0.3, 0.4) is 0 Å². The van der Waals surface area contributed by atoms with Crippen LogP contribution in [0.1, 0.15) is 6.92 Å². The molecule has 2 amide bonds. The van der Waals surface area contributed by atoms with Gasteiger partial charge in [-0.15, -0.1) is 0 Å². The zero-order valence-electron chi connectivity index (χ0n) is 14.0. The minimum atomic E-state index is -0.496. The number of rotatable bonds is 6. The second-order valence-electron chi connectivity index (χ2n) is 5.85. The van der Waals surface area contributed by atoms with Gasteiger partial charge < -0.3 is 29.6 Å². The third-order valence-electron chi connectivity index (χ3n) is 4.05. The van der Waals surface area contributed by atoms with Gasteiger partial charge in [0, 0.05) is 6.54 Å². The number of para-hydroxylation sites is 1. The predicted molar refractivity (Wildman–Crippen MR) is 87.3 cm³/mol. The summed E-state index contributed by atoms with van der Waals surface area (Å²) in [5.41, 5.74) is 0. The van der Waals surface area contributed by atoms with E-state index in [-0.39, 0.29) is 37.4 Å². The number of ether oxygens (including phenoxy) is 4. The van der Waals surface area contributed by atoms with Crippen molar-refractivity contribution in [1.82, 2.24) is 10.6 Å². The van der Waals surface area contributed by atoms with Gasteiger partial charge in [-0.1, -0.05) is 18.2 Å². The highest BCUT2D eigenvalue weighted by Gasteiger charge is 2.49. The summed E-state index contributed by atoms with van der Waals surface area (Å²) in [7, 11) is 0. The third kappa shape index (κ3) is 4.40. The highest BCUT2D eigenvalue weighted by molar-refractivity contribution is 5.78. The second kappa shape index (κ2) is 8.17. The normalized spacial score (nSPS) is 27.4. The summed E-state index contributed by atoms with van der Waals surface area (Å²) in [6.07, 6.45) is -1.67. The Morgan fingerprint density at radius 1 is 1.16 bits per heavy atom. The van der Waals surface area contributed by atoms with Crippen molar-refractivity contribution in [2.45, 2.75) is 31.3 Å². The molecule has 25 heavy (non-hydrogen) atoms. The van der Waals surface area contributed by atoms with Crippen LogP contribution < -0.4 is 15.4 Å². The van der Waals surface area contributed by atoms with E-state index in [9.17, 15) is 9.59 Å². The van der Waals surface area contributed by atoms with Crippen molar-refractivity contribution >= 4 is 12.0 Å². The maximum absolute atomic E-state index is 12.1. The second-order valence-corrected chi connectivity index (χ2v) is 5.85. The first-order valence-corrected chi connectivity index (χ1v) is 8.32. The van der Waals surface area contributed by atoms with Crippen molar-refractivity contribution in [1.29, 1.82) is 0 Å². The number of hydrogen-bond donors (Lipinski definition) is 2. The Labute approximate surface area is 145 Å². The van der Waals surface area contributed by atoms with E-state index in [2.05, 4.69) is 10.6 Å². The molecular weight excluding hydrogens is 328 g/mol. The highest BCUT2D eigenvalue weighted by atomic mass is 16.6. The molecule has 8 nitrogen and oxygen atoms in total. The predicted octanol–water partition coefficient (Wildman–Crippen LogP) is 0.463. The van der Waals surface area contributed by atoms with Crippen molar-refractivity contribution in [2.75, 3.05) is 26.4 Å². The van der Waals surface area contributed by atoms with Crippen molar-refractivity contribution in [3.63, 3.8) is 0 Å². The Morgan fingerprint density at radius 2 is 1.92 bits per heavy atom. The summed E-state index contributed by atoms with van der Waals surface area (Å²) < 4.78 is 22.0. The van der Waals surface area contributed by atoms with E-state index < -0.39 is 12.2 Å². The first-order valence-electron chi connectivity index (χ1n) is 8.32. The van der Waals surface area contributed by atoms with Crippen LogP contribution in [-0.2, 0) is 19.0 Å². The smallest absolute Gasteiger partial charge is 0.407 e. The average Bonchev–Trinajstić information content (AvgIpc) is 3.18. The molecule has 3 rings (SSSR count). The number of hydrogen-bond acceptors (Lipinski definition) is 6. The lowest BCUT2D eigenvalue weighted by Crippen LogP contribution is -2.46. The van der Waals surface area contributed by atoms with E-state index in [0.717, 1.165) is 0 Å². The van der Waals surface area contributed by atoms with Gasteiger partial charge in [0.15, 0.2) is 12.7 Å². The van der Waals surface area contributed by atoms with Gasteiger partial charge >= 0.3 is 6.09 Å². The van der Waals surface area contributed by atoms with E-state index in [0.29, 0.717) is 18.9 Å². The van der Waals surface area contributed by atoms with Gasteiger partial charge in [0.2, 0.25) is 0 Å². The van der Waals surface area contributed by atoms with Crippen LogP contribution in [0, 0.1) is 0 Å². The molecule has 0 unspecified atom stereocenters. The topological polar surface area (TPSA) is 95.1 Å². The van der Waals surface area contributed by atoms with Gasteiger partial charge in [-0.2, -0.15) is 0 Å². The fourth-order valence-electron chi connectivity index (χ4n) is 2.93. The minimum absolute atomic E-state index is 0.0866. The van der Waals surface area contributed by atoms with Gasteiger partial charge in [-0.05, 0) is 19.1 Å². The Balaban J connectivity index is 1.45. The SMILES string of the molecule is CCNC(=O)O[C@H]1CO[C@@H]2[C@@H]1OC[C@@H]2NC(=O)COc1ccccc1. The molecule has 2 aliphatic rings. The van der Waals surface area contributed by atoms with Crippen LogP contribution >= 0.6 is 0 Å². The van der Waals surface area contributed by atoms with Gasteiger partial charge in [0.05, 0.1) is 19.3 Å². The first kappa shape index (κ1) is 17.5. The van der Waals surface area contributed by atoms with Crippen LogP contribution in [0.2, 0.25) is 0 Å². The number of amides is 2. The lowest BCUT2D eigenvalue weighted by atomic mass is 10.1. The van der Waals surface area contributed by atoms with Gasteiger partial charge in [-0.3, -0.25) is 4.79 Å².